The van der Waals surface area contributed by atoms with Crippen molar-refractivity contribution >= 4 is 125 Å². The fourth-order valence-corrected chi connectivity index (χ4v) is 15.8. The largest absolute Gasteiger partial charge is 0.383 e. The molecule has 126 heavy (non-hydrogen) atoms. The fraction of sp³-hybridized carbons (Fsp3) is 0.217. The van der Waals surface area contributed by atoms with Gasteiger partial charge in [0.25, 0.3) is 11.8 Å². The third-order valence-corrected chi connectivity index (χ3v) is 22.1. The van der Waals surface area contributed by atoms with Crippen LogP contribution in [0.15, 0.2) is 219 Å². The molecule has 34 heteroatoms. The average molecular weight is 1690 g/mol. The Morgan fingerprint density at radius 2 is 0.619 bits per heavy atom. The van der Waals surface area contributed by atoms with Crippen LogP contribution < -0.4 is 65.5 Å². The number of amides is 6. The summed E-state index contributed by atoms with van der Waals surface area (Å²) >= 11 is 0. The number of fused-ring (bicyclic) bond motifs is 4. The van der Waals surface area contributed by atoms with Gasteiger partial charge >= 0.3 is 12.1 Å². The first-order chi connectivity index (χ1) is 61.4. The zero-order valence-electron chi connectivity index (χ0n) is 69.5. The molecule has 6 amide bonds. The Bertz CT molecular complexity index is 6270. The van der Waals surface area contributed by atoms with Gasteiger partial charge in [-0.05, 0) is 175 Å². The number of nitrogens with zero attached hydrogens (tertiary/aromatic N) is 16. The van der Waals surface area contributed by atoms with Gasteiger partial charge in [-0.15, -0.1) is 0 Å². The van der Waals surface area contributed by atoms with Crippen molar-refractivity contribution in [3.05, 3.63) is 253 Å². The van der Waals surface area contributed by atoms with E-state index in [1.54, 1.807) is 12.1 Å². The van der Waals surface area contributed by atoms with Gasteiger partial charge < -0.3 is 74.9 Å². The monoisotopic (exact) mass is 1680 g/mol. The second-order valence-corrected chi connectivity index (χ2v) is 31.2. The molecule has 16 aromatic rings. The van der Waals surface area contributed by atoms with Crippen molar-refractivity contribution in [3.63, 3.8) is 0 Å². The van der Waals surface area contributed by atoms with Gasteiger partial charge in [-0.3, -0.25) is 9.59 Å². The number of anilines is 10. The highest BCUT2D eigenvalue weighted by Crippen LogP contribution is 2.39. The van der Waals surface area contributed by atoms with Crippen molar-refractivity contribution in [1.29, 1.82) is 0 Å². The average Bonchev–Trinajstić information content (AvgIpc) is 1.63. The highest BCUT2D eigenvalue weighted by Gasteiger charge is 2.30. The first-order valence-electron chi connectivity index (χ1n) is 41.4. The van der Waals surface area contributed by atoms with E-state index in [1.807, 2.05) is 228 Å². The summed E-state index contributed by atoms with van der Waals surface area (Å²) < 4.78 is 18.7. The van der Waals surface area contributed by atoms with Crippen LogP contribution >= 0.6 is 0 Å². The first-order valence-corrected chi connectivity index (χ1v) is 41.4. The van der Waals surface area contributed by atoms with E-state index in [0.29, 0.717) is 101 Å². The molecule has 20 rings (SSSR count). The van der Waals surface area contributed by atoms with Gasteiger partial charge in [0.2, 0.25) is 0 Å². The van der Waals surface area contributed by atoms with Gasteiger partial charge in [0.05, 0.1) is 58.9 Å². The van der Waals surface area contributed by atoms with Crippen molar-refractivity contribution in [2.75, 3.05) is 107 Å². The molecule has 636 valence electrons. The number of nitrogens with one attached hydrogen (secondary N) is 8. The Hall–Kier alpha value is -15.5. The lowest BCUT2D eigenvalue weighted by Gasteiger charge is -2.09. The summed E-state index contributed by atoms with van der Waals surface area (Å²) in [4.78, 5) is 84.1. The molecule has 4 aliphatic heterocycles. The number of hydrogen-bond donors (Lipinski definition) is 12. The number of hydrogen-bond acceptors (Lipinski definition) is 24. The zero-order valence-corrected chi connectivity index (χ0v) is 69.5. The van der Waals surface area contributed by atoms with Crippen molar-refractivity contribution in [1.82, 2.24) is 89.6 Å². The molecule has 0 saturated carbocycles. The number of nitrogens with two attached hydrogens (primary N) is 4. The summed E-state index contributed by atoms with van der Waals surface area (Å²) in [6, 6.07) is 60.4. The number of carbonyl (C=O) groups excluding carboxylic acids is 4. The lowest BCUT2D eigenvalue weighted by Crippen LogP contribution is -2.19. The van der Waals surface area contributed by atoms with Crippen LogP contribution in [-0.2, 0) is 9.47 Å². The minimum absolute atomic E-state index is 0.117. The number of rotatable bonds is 16. The molecule has 4 atom stereocenters. The summed E-state index contributed by atoms with van der Waals surface area (Å²) in [5.41, 5.74) is 43.8. The number of carbonyl (C=O) groups is 4. The Kier molecular flexibility index (Phi) is 24.3. The van der Waals surface area contributed by atoms with Gasteiger partial charge in [-0.2, -0.15) is 20.4 Å². The molecule has 4 saturated heterocycles. The molecule has 4 fully saturated rings. The molecular weight excluding hydrogens is 1590 g/mol. The van der Waals surface area contributed by atoms with E-state index in [1.165, 1.54) is 25.3 Å². The number of nitrogen functional groups attached to an aromatic ring is 4. The van der Waals surface area contributed by atoms with Crippen LogP contribution in [0.2, 0.25) is 0 Å². The van der Waals surface area contributed by atoms with Gasteiger partial charge in [0.1, 0.15) is 71.4 Å². The topological polar surface area (TPSA) is 461 Å². The standard InChI is InChI=1S/C23H24N8O.C23H23N7O2.C23H23N7O.C23H22N6O2/c1-14-3-2-4-17(11-14)29-23(32)28-16-7-5-15(6-8-16)20-19-21(24)26-13-27-22(19)31(30-20)18-9-10-25-12-18;1-14-3-2-4-17(11-14)28-23(31)27-16-7-5-15(6-8-16)20-19-21(24)25-13-26-22(19)30(29-20)18-9-10-32-12-18;1-14-3-2-4-16(11-14)23(31)28-17-7-5-15(6-8-17)20-19-21(24)26-13-27-22(19)30(29-20)18-9-10-25-12-18;1-14-3-2-4-16(11-14)23(30)27-17-7-5-15(6-8-17)20-19-21(24)25-13-26-22(19)29(28-20)18-9-10-31-12-18/h2-8,11,13,18,25H,9-10,12H2,1H3,(H2,24,26,27)(H2,28,29,32);2-8,11,13,18H,9-10,12H2,1H3,(H2,24,25,26)(H2,27,28,31);2-8,11,13,18,25H,9-10,12H2,1H3,(H,28,31)(H2,24,26,27);2-8,11,13,18H,9-10,12H2,1H3,(H,27,30)(H2,24,25,26)/t18-;;2*18-/m0.01/s1. The van der Waals surface area contributed by atoms with E-state index in [4.69, 9.17) is 52.8 Å². The van der Waals surface area contributed by atoms with Crippen LogP contribution in [0, 0.1) is 27.7 Å². The number of ether oxygens (including phenoxy) is 2. The molecule has 34 nitrogen and oxygen atoms in total. The van der Waals surface area contributed by atoms with Crippen molar-refractivity contribution < 1.29 is 28.7 Å². The van der Waals surface area contributed by atoms with E-state index in [0.717, 1.165) is 158 Å². The molecule has 16 N–H and O–H groups in total. The molecule has 0 aliphatic carbocycles. The highest BCUT2D eigenvalue weighted by atomic mass is 16.5. The van der Waals surface area contributed by atoms with Crippen LogP contribution in [0.1, 0.15) is 92.8 Å². The first kappa shape index (κ1) is 82.8. The predicted molar refractivity (Wildman–Crippen MR) is 489 cm³/mol. The Morgan fingerprint density at radius 3 is 0.897 bits per heavy atom. The predicted octanol–water partition coefficient (Wildman–Crippen LogP) is 14.3. The van der Waals surface area contributed by atoms with Gasteiger partial charge in [0, 0.05) is 93.8 Å². The number of urea groups is 2. The Balaban J connectivity index is 0.000000119. The number of aryl methyl sites for hydroxylation is 4. The van der Waals surface area contributed by atoms with Crippen LogP contribution in [-0.4, -0.2) is 155 Å². The van der Waals surface area contributed by atoms with E-state index in [2.05, 4.69) is 82.4 Å². The molecule has 8 aromatic carbocycles. The summed E-state index contributed by atoms with van der Waals surface area (Å²) in [5, 5.41) is 46.3. The summed E-state index contributed by atoms with van der Waals surface area (Å²) in [5.74, 6) is 1.30. The summed E-state index contributed by atoms with van der Waals surface area (Å²) in [6.45, 7) is 14.1. The maximum absolute atomic E-state index is 12.5. The van der Waals surface area contributed by atoms with Crippen LogP contribution in [0.3, 0.4) is 0 Å². The molecular formula is C92H92N28O6. The van der Waals surface area contributed by atoms with Gasteiger partial charge in [0.15, 0.2) is 22.6 Å². The van der Waals surface area contributed by atoms with Crippen LogP contribution in [0.5, 0.6) is 0 Å². The van der Waals surface area contributed by atoms with Crippen LogP contribution in [0.25, 0.3) is 89.2 Å². The van der Waals surface area contributed by atoms with Crippen molar-refractivity contribution in [2.45, 2.75) is 77.5 Å². The summed E-state index contributed by atoms with van der Waals surface area (Å²) in [7, 11) is 0. The quantitative estimate of drug-likeness (QED) is 0.0427. The Labute approximate surface area is 722 Å². The van der Waals surface area contributed by atoms with Crippen LogP contribution in [0.4, 0.5) is 67.0 Å². The molecule has 4 aliphatic rings. The van der Waals surface area contributed by atoms with Crippen molar-refractivity contribution in [2.24, 2.45) is 0 Å². The molecule has 0 spiro atoms. The van der Waals surface area contributed by atoms with Gasteiger partial charge in [-0.1, -0.05) is 108 Å². The highest BCUT2D eigenvalue weighted by molar-refractivity contribution is 6.07. The van der Waals surface area contributed by atoms with E-state index in [9.17, 15) is 19.2 Å². The lowest BCUT2D eigenvalue weighted by molar-refractivity contribution is 0.101. The molecule has 12 heterocycles. The fourth-order valence-electron chi connectivity index (χ4n) is 15.8. The molecule has 8 aromatic heterocycles. The third-order valence-electron chi connectivity index (χ3n) is 22.1. The Morgan fingerprint density at radius 1 is 0.333 bits per heavy atom. The maximum atomic E-state index is 12.5. The van der Waals surface area contributed by atoms with Crippen molar-refractivity contribution in [3.8, 4) is 45.0 Å². The zero-order chi connectivity index (χ0) is 86.9. The molecule has 0 bridgehead atoms. The van der Waals surface area contributed by atoms with E-state index in [-0.39, 0.29) is 48.0 Å². The van der Waals surface area contributed by atoms with E-state index < -0.39 is 0 Å². The molecule has 1 unspecified atom stereocenters. The second-order valence-electron chi connectivity index (χ2n) is 31.2. The number of benzene rings is 8. The minimum atomic E-state index is -0.308. The smallest absolute Gasteiger partial charge is 0.323 e. The molecule has 0 radical (unpaired) electrons. The SMILES string of the molecule is Cc1cccc(C(=O)Nc2ccc(-c3nn([C@@H]4CCOC4)c4ncnc(N)c34)cc2)c1.Cc1cccc(C(=O)Nc2ccc(-c3nn([C@H]4CCNC4)c4ncnc(N)c34)cc2)c1.Cc1cccc(NC(=O)Nc2ccc(-c3nn(C4CCOC4)c4ncnc(N)c34)cc2)c1.Cc1cccc(NC(=O)Nc2ccc(-c3nn([C@H]4CCNC4)c4ncnc(N)c34)cc2)c1. The second kappa shape index (κ2) is 37.0. The third kappa shape index (κ3) is 18.5. The van der Waals surface area contributed by atoms with Gasteiger partial charge in [-0.25, -0.2) is 68.2 Å². The van der Waals surface area contributed by atoms with E-state index >= 15 is 0 Å². The minimum Gasteiger partial charge on any atom is -0.383 e. The normalized spacial score (nSPS) is 15.8. The maximum Gasteiger partial charge on any atom is 0.323 e. The summed E-state index contributed by atoms with van der Waals surface area (Å²) in [6.07, 6.45) is 9.59. The lowest BCUT2D eigenvalue weighted by atomic mass is 10.1. The number of aromatic nitrogens is 16.